The number of hydrogen-bond acceptors (Lipinski definition) is 3. The molecule has 0 spiro atoms. The third-order valence-corrected chi connectivity index (χ3v) is 6.78. The van der Waals surface area contributed by atoms with E-state index in [1.807, 2.05) is 12.1 Å². The lowest BCUT2D eigenvalue weighted by Gasteiger charge is -2.08. The first-order valence-electron chi connectivity index (χ1n) is 5.98. The maximum atomic E-state index is 5.53. The van der Waals surface area contributed by atoms with E-state index >= 15 is 0 Å². The first-order chi connectivity index (χ1) is 10.1. The molecule has 0 radical (unpaired) electrons. The molecule has 21 heavy (non-hydrogen) atoms. The highest BCUT2D eigenvalue weighted by atomic mass is 127. The fourth-order valence-corrected chi connectivity index (χ4v) is 7.76. The molecule has 3 nitrogen and oxygen atoms in total. The molecule has 2 rings (SSSR count). The molecule has 0 aliphatic heterocycles. The first kappa shape index (κ1) is 17.4. The molecule has 6 heteroatoms. The molecule has 112 valence electrons. The SMILES string of the molecule is COc1cc(OC)c([I+]c2cc(I)cc(I)c2)c(OC)c1. The average Bonchev–Trinajstić information content (AvgIpc) is 2.46. The lowest BCUT2D eigenvalue weighted by molar-refractivity contribution is -0.599. The summed E-state index contributed by atoms with van der Waals surface area (Å²) in [5, 5.41) is 0. The topological polar surface area (TPSA) is 27.7 Å². The quantitative estimate of drug-likeness (QED) is 0.467. The Hall–Kier alpha value is 0.0300. The third kappa shape index (κ3) is 4.50. The standard InChI is InChI=1S/C15H14I3O3/c1-19-12-7-13(20-2)15(14(8-12)21-3)18-11-5-9(16)4-10(17)6-11/h4-8H,1-3H3/q+1. The van der Waals surface area contributed by atoms with Crippen molar-refractivity contribution in [1.29, 1.82) is 0 Å². The minimum atomic E-state index is -0.394. The van der Waals surface area contributed by atoms with Crippen LogP contribution in [0.4, 0.5) is 0 Å². The highest BCUT2D eigenvalue weighted by Crippen LogP contribution is 2.27. The third-order valence-electron chi connectivity index (χ3n) is 2.69. The second kappa shape index (κ2) is 8.04. The van der Waals surface area contributed by atoms with Gasteiger partial charge in [0.15, 0.2) is 15.1 Å². The monoisotopic (exact) mass is 623 g/mol. The van der Waals surface area contributed by atoms with Gasteiger partial charge in [0, 0.05) is 31.4 Å². The van der Waals surface area contributed by atoms with Crippen LogP contribution in [0.15, 0.2) is 30.3 Å². The van der Waals surface area contributed by atoms with Gasteiger partial charge in [0.25, 0.3) is 3.57 Å². The maximum absolute atomic E-state index is 5.53. The second-order valence-electron chi connectivity index (χ2n) is 4.03. The average molecular weight is 623 g/mol. The van der Waals surface area contributed by atoms with Gasteiger partial charge in [-0.05, 0) is 51.2 Å². The van der Waals surface area contributed by atoms with E-state index in [2.05, 4.69) is 63.4 Å². The number of benzene rings is 2. The van der Waals surface area contributed by atoms with E-state index in [0.717, 1.165) is 20.8 Å². The van der Waals surface area contributed by atoms with Crippen LogP contribution in [0.1, 0.15) is 0 Å². The summed E-state index contributed by atoms with van der Waals surface area (Å²) in [7, 11) is 5.00. The summed E-state index contributed by atoms with van der Waals surface area (Å²) in [5.74, 6) is 2.40. The van der Waals surface area contributed by atoms with Crippen LogP contribution in [0.5, 0.6) is 17.2 Å². The molecule has 0 heterocycles. The Balaban J connectivity index is 2.46. The van der Waals surface area contributed by atoms with Crippen LogP contribution < -0.4 is 35.4 Å². The number of hydrogen-bond donors (Lipinski definition) is 0. The summed E-state index contributed by atoms with van der Waals surface area (Å²) in [6, 6.07) is 10.4. The van der Waals surface area contributed by atoms with Gasteiger partial charge in [-0.3, -0.25) is 0 Å². The fraction of sp³-hybridized carbons (Fsp3) is 0.200. The van der Waals surface area contributed by atoms with Gasteiger partial charge < -0.3 is 14.2 Å². The van der Waals surface area contributed by atoms with Crippen molar-refractivity contribution in [2.45, 2.75) is 0 Å². The fourth-order valence-electron chi connectivity index (χ4n) is 1.74. The van der Waals surface area contributed by atoms with Crippen molar-refractivity contribution in [2.24, 2.45) is 0 Å². The summed E-state index contributed by atoms with van der Waals surface area (Å²) < 4.78 is 21.3. The van der Waals surface area contributed by atoms with E-state index < -0.39 is 21.2 Å². The molecule has 2 aromatic rings. The normalized spacial score (nSPS) is 10.3. The van der Waals surface area contributed by atoms with Gasteiger partial charge in [0.05, 0.1) is 21.3 Å². The molecule has 0 saturated heterocycles. The van der Waals surface area contributed by atoms with Crippen molar-refractivity contribution in [3.63, 3.8) is 0 Å². The molecule has 0 fully saturated rings. The zero-order valence-electron chi connectivity index (χ0n) is 11.7. The van der Waals surface area contributed by atoms with Crippen LogP contribution in [0.25, 0.3) is 0 Å². The Morgan fingerprint density at radius 1 is 0.762 bits per heavy atom. The molecule has 0 amide bonds. The molecule has 0 atom stereocenters. The van der Waals surface area contributed by atoms with Crippen molar-refractivity contribution in [3.05, 3.63) is 44.6 Å². The molecular formula is C15H14I3O3+. The lowest BCUT2D eigenvalue weighted by atomic mass is 10.3. The van der Waals surface area contributed by atoms with Crippen LogP contribution in [-0.2, 0) is 0 Å². The number of methoxy groups -OCH3 is 3. The van der Waals surface area contributed by atoms with Crippen LogP contribution in [0.3, 0.4) is 0 Å². The summed E-state index contributed by atoms with van der Waals surface area (Å²) >= 11 is 4.31. The summed E-state index contributed by atoms with van der Waals surface area (Å²) in [6.45, 7) is 0. The van der Waals surface area contributed by atoms with Crippen molar-refractivity contribution >= 4 is 45.2 Å². The summed E-state index contributed by atoms with van der Waals surface area (Å²) in [4.78, 5) is 0. The molecule has 0 bridgehead atoms. The second-order valence-corrected chi connectivity index (χ2v) is 9.38. The highest BCUT2D eigenvalue weighted by molar-refractivity contribution is 14.1. The molecule has 0 N–H and O–H groups in total. The molecule has 0 saturated carbocycles. The van der Waals surface area contributed by atoms with E-state index in [1.165, 1.54) is 10.7 Å². The number of ether oxygens (including phenoxy) is 3. The van der Waals surface area contributed by atoms with E-state index in [1.54, 1.807) is 21.3 Å². The van der Waals surface area contributed by atoms with Gasteiger partial charge in [0.2, 0.25) is 0 Å². The minimum Gasteiger partial charge on any atom is -0.496 e. The molecule has 0 aliphatic carbocycles. The van der Waals surface area contributed by atoms with Crippen molar-refractivity contribution in [3.8, 4) is 17.2 Å². The van der Waals surface area contributed by atoms with Gasteiger partial charge in [-0.25, -0.2) is 0 Å². The lowest BCUT2D eigenvalue weighted by Crippen LogP contribution is -3.61. The van der Waals surface area contributed by atoms with Gasteiger partial charge in [-0.1, -0.05) is 0 Å². The first-order valence-corrected chi connectivity index (χ1v) is 10.3. The Labute approximate surface area is 162 Å². The van der Waals surface area contributed by atoms with Crippen LogP contribution in [0, 0.1) is 14.3 Å². The van der Waals surface area contributed by atoms with Gasteiger partial charge in [-0.2, -0.15) is 0 Å². The Morgan fingerprint density at radius 3 is 1.71 bits per heavy atom. The number of halogens is 3. The summed E-state index contributed by atoms with van der Waals surface area (Å²) in [6.07, 6.45) is 0. The van der Waals surface area contributed by atoms with Gasteiger partial charge in [-0.15, -0.1) is 0 Å². The van der Waals surface area contributed by atoms with E-state index in [9.17, 15) is 0 Å². The van der Waals surface area contributed by atoms with E-state index in [0.29, 0.717) is 0 Å². The number of rotatable bonds is 5. The predicted molar refractivity (Wildman–Crippen MR) is 95.4 cm³/mol. The van der Waals surface area contributed by atoms with Crippen LogP contribution in [-0.4, -0.2) is 21.3 Å². The largest absolute Gasteiger partial charge is 0.496 e. The Kier molecular flexibility index (Phi) is 6.66. The minimum absolute atomic E-state index is 0.394. The Morgan fingerprint density at radius 2 is 1.29 bits per heavy atom. The zero-order chi connectivity index (χ0) is 15.4. The zero-order valence-corrected chi connectivity index (χ0v) is 18.2. The van der Waals surface area contributed by atoms with Crippen molar-refractivity contribution in [2.75, 3.05) is 21.3 Å². The molecule has 0 aromatic heterocycles. The highest BCUT2D eigenvalue weighted by Gasteiger charge is 2.28. The molecular weight excluding hydrogens is 609 g/mol. The Bertz CT molecular complexity index is 599. The molecule has 2 aromatic carbocycles. The molecule has 0 aliphatic rings. The van der Waals surface area contributed by atoms with Gasteiger partial charge >= 0.3 is 21.2 Å². The predicted octanol–water partition coefficient (Wildman–Crippen LogP) is 1.05. The summed E-state index contributed by atoms with van der Waals surface area (Å²) in [5.41, 5.74) is 0. The maximum Gasteiger partial charge on any atom is 0.366 e. The molecule has 0 unspecified atom stereocenters. The van der Waals surface area contributed by atoms with E-state index in [4.69, 9.17) is 14.2 Å². The van der Waals surface area contributed by atoms with Crippen molar-refractivity contribution in [1.82, 2.24) is 0 Å². The smallest absolute Gasteiger partial charge is 0.366 e. The van der Waals surface area contributed by atoms with Gasteiger partial charge in [0.1, 0.15) is 5.75 Å². The van der Waals surface area contributed by atoms with Crippen LogP contribution in [0.2, 0.25) is 0 Å². The van der Waals surface area contributed by atoms with Crippen LogP contribution >= 0.6 is 45.2 Å². The van der Waals surface area contributed by atoms with Crippen molar-refractivity contribution < 1.29 is 35.4 Å². The van der Waals surface area contributed by atoms with E-state index in [-0.39, 0.29) is 0 Å².